The first-order valence-electron chi connectivity index (χ1n) is 0.775. The third-order valence-corrected chi connectivity index (χ3v) is 0. The van der Waals surface area contributed by atoms with E-state index in [0.717, 1.165) is 0 Å². The van der Waals surface area contributed by atoms with Crippen LogP contribution in [0.3, 0.4) is 0 Å². The van der Waals surface area contributed by atoms with Gasteiger partial charge in [-0.25, -0.2) is 0 Å². The van der Waals surface area contributed by atoms with E-state index in [-0.39, 0.29) is 52.8 Å². The van der Waals surface area contributed by atoms with Crippen molar-refractivity contribution in [3.63, 3.8) is 0 Å². The van der Waals surface area contributed by atoms with Crippen molar-refractivity contribution in [2.24, 2.45) is 0 Å². The van der Waals surface area contributed by atoms with Crippen molar-refractivity contribution < 1.29 is 16.5 Å². The van der Waals surface area contributed by atoms with Crippen LogP contribution >= 0.6 is 0 Å². The van der Waals surface area contributed by atoms with Crippen molar-refractivity contribution in [2.45, 2.75) is 0 Å². The van der Waals surface area contributed by atoms with Gasteiger partial charge in [0.15, 0.2) is 0 Å². The zero-order chi connectivity index (χ0) is 3.58. The molecule has 3 N–H and O–H groups in total. The quantitative estimate of drug-likeness (QED) is 0.299. The second kappa shape index (κ2) is 5.58. The van der Waals surface area contributed by atoms with Crippen LogP contribution in [0.5, 0.6) is 0 Å². The summed E-state index contributed by atoms with van der Waals surface area (Å²) in [7, 11) is -2.17. The van der Waals surface area contributed by atoms with E-state index >= 15 is 0 Å². The molecule has 0 saturated heterocycles. The van der Waals surface area contributed by atoms with E-state index in [9.17, 15) is 0 Å². The predicted molar refractivity (Wildman–Crippen MR) is 21.7 cm³/mol. The third kappa shape index (κ3) is 28.6. The van der Waals surface area contributed by atoms with Gasteiger partial charge in [0.1, 0.15) is 0 Å². The molecule has 0 aliphatic rings. The fourth-order valence-electron chi connectivity index (χ4n) is 0. The molecule has 0 saturated carbocycles. The molecule has 0 aromatic heterocycles. The van der Waals surface area contributed by atoms with Gasteiger partial charge in [-0.2, -0.15) is 0 Å². The van der Waals surface area contributed by atoms with Crippen LogP contribution in [0.25, 0.3) is 0 Å². The van der Waals surface area contributed by atoms with E-state index in [2.05, 4.69) is 0 Å². The molecule has 28 valence electrons. The topological polar surface area (TPSA) is 60.7 Å². The molecule has 5 heavy (non-hydrogen) atoms. The molecule has 0 aliphatic carbocycles. The van der Waals surface area contributed by atoms with Crippen LogP contribution in [0.1, 0.15) is 1.43 Å². The first kappa shape index (κ1) is 9.77. The Hall–Kier alpha value is 1.58. The van der Waals surface area contributed by atoms with Crippen molar-refractivity contribution in [3.8, 4) is 0 Å². The molecule has 0 aromatic carbocycles. The van der Waals surface area contributed by atoms with Crippen molar-refractivity contribution in [1.29, 1.82) is 0 Å². The van der Waals surface area contributed by atoms with Gasteiger partial charge in [0.25, 0.3) is 0 Å². The molecule has 0 fully saturated rings. The zero-order valence-corrected chi connectivity index (χ0v) is 1.92. The predicted octanol–water partition coefficient (Wildman–Crippen LogP) is -2.45. The van der Waals surface area contributed by atoms with Gasteiger partial charge in [-0.15, -0.1) is 0 Å². The van der Waals surface area contributed by atoms with Crippen LogP contribution in [-0.2, 0) is 0 Å². The second-order valence-corrected chi connectivity index (χ2v) is 0.346. The summed E-state index contributed by atoms with van der Waals surface area (Å²) in [6, 6.07) is 0. The van der Waals surface area contributed by atoms with Crippen LogP contribution < -0.4 is 0 Å². The van der Waals surface area contributed by atoms with Crippen molar-refractivity contribution in [3.05, 3.63) is 0 Å². The summed E-state index contributed by atoms with van der Waals surface area (Å²) in [6.07, 6.45) is 0. The minimum atomic E-state index is -2.17. The Morgan fingerprint density at radius 1 is 1.20 bits per heavy atom. The van der Waals surface area contributed by atoms with Crippen molar-refractivity contribution >= 4 is 58.7 Å². The molecule has 0 amide bonds. The molecular weight excluding hydrogens is 97.9 g/mol. The van der Waals surface area contributed by atoms with Crippen LogP contribution in [0.15, 0.2) is 0 Å². The standard InChI is InChI=1S/BH3O3.K.H2.H/c2-1(3)4;;;/h2-4H;;1H;. The molecule has 0 unspecified atom stereocenters. The fraction of sp³-hybridized carbons (Fsp3) is 0. The summed E-state index contributed by atoms with van der Waals surface area (Å²) in [5, 5.41) is 21.5. The SMILES string of the molecule is OB(O)O.[HH].[KH]. The van der Waals surface area contributed by atoms with E-state index in [1.54, 1.807) is 0 Å². The molecule has 0 atom stereocenters. The number of rotatable bonds is 0. The van der Waals surface area contributed by atoms with E-state index < -0.39 is 7.32 Å². The normalized spacial score (nSPS) is 5.40. The van der Waals surface area contributed by atoms with Crippen molar-refractivity contribution in [1.82, 2.24) is 0 Å². The third-order valence-electron chi connectivity index (χ3n) is 0. The second-order valence-electron chi connectivity index (χ2n) is 0.346. The molecule has 0 aliphatic heterocycles. The van der Waals surface area contributed by atoms with Gasteiger partial charge >= 0.3 is 58.7 Å². The Labute approximate surface area is 74.1 Å². The van der Waals surface area contributed by atoms with E-state index in [0.29, 0.717) is 0 Å². The molecule has 0 aromatic rings. The maximum atomic E-state index is 7.17. The molecule has 0 rings (SSSR count). The van der Waals surface area contributed by atoms with Crippen molar-refractivity contribution in [2.75, 3.05) is 0 Å². The van der Waals surface area contributed by atoms with Crippen LogP contribution in [0.4, 0.5) is 0 Å². The Morgan fingerprint density at radius 2 is 1.20 bits per heavy atom. The first-order chi connectivity index (χ1) is 1.73. The Morgan fingerprint density at radius 3 is 1.20 bits per heavy atom. The van der Waals surface area contributed by atoms with Gasteiger partial charge in [-0.05, 0) is 0 Å². The summed E-state index contributed by atoms with van der Waals surface area (Å²) in [5.74, 6) is 0. The van der Waals surface area contributed by atoms with Crippen LogP contribution in [-0.4, -0.2) is 73.8 Å². The summed E-state index contributed by atoms with van der Waals surface area (Å²) in [4.78, 5) is 0. The van der Waals surface area contributed by atoms with E-state index in [1.807, 2.05) is 0 Å². The van der Waals surface area contributed by atoms with Gasteiger partial charge in [0.2, 0.25) is 0 Å². The number of hydrogen-bond acceptors (Lipinski definition) is 3. The number of hydrogen-bond donors (Lipinski definition) is 3. The van der Waals surface area contributed by atoms with Gasteiger partial charge in [-0.3, -0.25) is 0 Å². The Kier molecular flexibility index (Phi) is 10.9. The molecular formula is H6BKO3. The van der Waals surface area contributed by atoms with Gasteiger partial charge in [0.05, 0.1) is 0 Å². The summed E-state index contributed by atoms with van der Waals surface area (Å²) in [5.41, 5.74) is 0. The summed E-state index contributed by atoms with van der Waals surface area (Å²) >= 11 is 0. The molecule has 0 heterocycles. The molecule has 0 bridgehead atoms. The average molecular weight is 104 g/mol. The Bertz CT molecular complexity index is 15.5. The summed E-state index contributed by atoms with van der Waals surface area (Å²) in [6.45, 7) is 0. The van der Waals surface area contributed by atoms with Gasteiger partial charge in [-0.1, -0.05) is 0 Å². The monoisotopic (exact) mass is 104 g/mol. The Balaban J connectivity index is -0.0000000450. The van der Waals surface area contributed by atoms with E-state index in [4.69, 9.17) is 15.1 Å². The minimum absolute atomic E-state index is 0. The first-order valence-corrected chi connectivity index (χ1v) is 0.775. The zero-order valence-electron chi connectivity index (χ0n) is 1.92. The molecule has 0 radical (unpaired) electrons. The fourth-order valence-corrected chi connectivity index (χ4v) is 0. The summed E-state index contributed by atoms with van der Waals surface area (Å²) < 4.78 is 0. The van der Waals surface area contributed by atoms with Gasteiger partial charge in [0, 0.05) is 1.43 Å². The maximum absolute atomic E-state index is 7.17. The molecule has 3 nitrogen and oxygen atoms in total. The molecule has 5 heteroatoms. The van der Waals surface area contributed by atoms with E-state index in [1.165, 1.54) is 0 Å². The van der Waals surface area contributed by atoms with Crippen LogP contribution in [0.2, 0.25) is 0 Å². The molecule has 0 spiro atoms. The average Bonchev–Trinajstić information content (AvgIpc) is 0.811. The van der Waals surface area contributed by atoms with Crippen LogP contribution in [0, 0.1) is 0 Å². The van der Waals surface area contributed by atoms with Gasteiger partial charge < -0.3 is 15.1 Å².